The van der Waals surface area contributed by atoms with Crippen molar-refractivity contribution in [1.82, 2.24) is 20.4 Å². The molecular weight excluding hydrogens is 368 g/mol. The van der Waals surface area contributed by atoms with Gasteiger partial charge in [0, 0.05) is 18.2 Å². The van der Waals surface area contributed by atoms with Crippen LogP contribution in [-0.2, 0) is 4.79 Å². The summed E-state index contributed by atoms with van der Waals surface area (Å²) < 4.78 is 11.0. The molecule has 7 nitrogen and oxygen atoms in total. The lowest BCUT2D eigenvalue weighted by Gasteiger charge is -2.14. The quantitative estimate of drug-likeness (QED) is 0.695. The summed E-state index contributed by atoms with van der Waals surface area (Å²) in [5.41, 5.74) is 2.11. The Balaban J connectivity index is 1.34. The van der Waals surface area contributed by atoms with Crippen molar-refractivity contribution < 1.29 is 14.1 Å². The third kappa shape index (κ3) is 4.63. The lowest BCUT2D eigenvalue weighted by atomic mass is 10.1. The van der Waals surface area contributed by atoms with E-state index in [9.17, 15) is 4.79 Å². The van der Waals surface area contributed by atoms with Gasteiger partial charge < -0.3 is 14.6 Å². The minimum absolute atomic E-state index is 0.00611. The van der Waals surface area contributed by atoms with E-state index in [-0.39, 0.29) is 24.6 Å². The maximum absolute atomic E-state index is 12.2. The zero-order chi connectivity index (χ0) is 20.2. The second-order valence-corrected chi connectivity index (χ2v) is 7.38. The number of amides is 1. The maximum atomic E-state index is 12.2. The highest BCUT2D eigenvalue weighted by Crippen LogP contribution is 2.31. The predicted octanol–water partition coefficient (Wildman–Crippen LogP) is 2.99. The number of hydrogen-bond donors (Lipinski definition) is 1. The molecule has 2 aromatic carbocycles. The van der Waals surface area contributed by atoms with Crippen LogP contribution in [0.1, 0.15) is 23.9 Å². The van der Waals surface area contributed by atoms with Gasteiger partial charge in [-0.1, -0.05) is 53.2 Å². The molecule has 1 N–H and O–H groups in total. The van der Waals surface area contributed by atoms with Crippen molar-refractivity contribution in [3.8, 4) is 17.1 Å². The van der Waals surface area contributed by atoms with E-state index in [1.54, 1.807) is 0 Å². The predicted molar refractivity (Wildman–Crippen MR) is 108 cm³/mol. The average Bonchev–Trinajstić information content (AvgIpc) is 3.34. The number of carbonyl (C=O) groups excluding carboxylic acids is 1. The molecule has 1 aliphatic heterocycles. The topological polar surface area (TPSA) is 80.5 Å². The summed E-state index contributed by atoms with van der Waals surface area (Å²) in [5, 5.41) is 7.15. The van der Waals surface area contributed by atoms with E-state index in [0.717, 1.165) is 5.56 Å². The lowest BCUT2D eigenvalue weighted by Crippen LogP contribution is -2.39. The molecule has 150 valence electrons. The Morgan fingerprint density at radius 3 is 2.72 bits per heavy atom. The fraction of sp³-hybridized carbons (Fsp3) is 0.318. The van der Waals surface area contributed by atoms with Crippen molar-refractivity contribution in [2.24, 2.45) is 0 Å². The van der Waals surface area contributed by atoms with E-state index in [1.807, 2.05) is 68.6 Å². The molecule has 0 spiro atoms. The number of nitrogens with zero attached hydrogens (tertiary/aromatic N) is 3. The Morgan fingerprint density at radius 1 is 1.21 bits per heavy atom. The summed E-state index contributed by atoms with van der Waals surface area (Å²) in [5.74, 6) is 1.69. The van der Waals surface area contributed by atoms with Gasteiger partial charge in [-0.3, -0.25) is 9.69 Å². The molecule has 2 heterocycles. The van der Waals surface area contributed by atoms with Crippen LogP contribution in [0.25, 0.3) is 11.4 Å². The number of hydrogen-bond acceptors (Lipinski definition) is 6. The third-order valence-electron chi connectivity index (χ3n) is 5.06. The van der Waals surface area contributed by atoms with Gasteiger partial charge in [-0.25, -0.2) is 0 Å². The minimum Gasteiger partial charge on any atom is -0.484 e. The first-order chi connectivity index (χ1) is 14.1. The number of nitrogens with one attached hydrogen (secondary N) is 1. The van der Waals surface area contributed by atoms with E-state index >= 15 is 0 Å². The molecule has 0 unspecified atom stereocenters. The highest BCUT2D eigenvalue weighted by Gasteiger charge is 2.35. The Hall–Kier alpha value is -3.19. The first kappa shape index (κ1) is 19.1. The molecule has 29 heavy (non-hydrogen) atoms. The van der Waals surface area contributed by atoms with E-state index in [2.05, 4.69) is 20.4 Å². The number of aromatic nitrogens is 2. The van der Waals surface area contributed by atoms with Crippen molar-refractivity contribution in [1.29, 1.82) is 0 Å². The van der Waals surface area contributed by atoms with Crippen molar-refractivity contribution in [3.05, 3.63) is 66.1 Å². The molecule has 0 radical (unpaired) electrons. The number of para-hydroxylation sites is 1. The fourth-order valence-corrected chi connectivity index (χ4v) is 3.52. The second kappa shape index (κ2) is 8.45. The Labute approximate surface area is 169 Å². The van der Waals surface area contributed by atoms with Crippen LogP contribution >= 0.6 is 0 Å². The molecule has 0 saturated carbocycles. The molecule has 1 amide bonds. The summed E-state index contributed by atoms with van der Waals surface area (Å²) in [7, 11) is 1.99. The van der Waals surface area contributed by atoms with Crippen molar-refractivity contribution in [2.75, 3.05) is 20.2 Å². The Morgan fingerprint density at radius 2 is 1.97 bits per heavy atom. The molecule has 1 saturated heterocycles. The van der Waals surface area contributed by atoms with E-state index in [0.29, 0.717) is 30.4 Å². The highest BCUT2D eigenvalue weighted by atomic mass is 16.5. The highest BCUT2D eigenvalue weighted by molar-refractivity contribution is 5.77. The van der Waals surface area contributed by atoms with Gasteiger partial charge in [0.15, 0.2) is 6.61 Å². The van der Waals surface area contributed by atoms with Crippen LogP contribution in [-0.4, -0.2) is 47.2 Å². The molecule has 1 aromatic heterocycles. The molecular formula is C22H24N4O3. The standard InChI is InChI=1S/C22H24N4O3/c1-15-8-10-16(11-9-15)21-24-22(29-25-21)19-12-17(13-26(19)2)23-20(27)14-28-18-6-4-3-5-7-18/h3-11,17,19H,12-14H2,1-2H3,(H,23,27)/t17-,19-/m0/s1. The van der Waals surface area contributed by atoms with Gasteiger partial charge in [-0.05, 0) is 32.5 Å². The smallest absolute Gasteiger partial charge is 0.258 e. The normalized spacial score (nSPS) is 19.2. The minimum atomic E-state index is -0.140. The van der Waals surface area contributed by atoms with Gasteiger partial charge in [0.1, 0.15) is 5.75 Å². The first-order valence-corrected chi connectivity index (χ1v) is 9.66. The molecule has 2 atom stereocenters. The molecule has 0 aliphatic carbocycles. The van der Waals surface area contributed by atoms with Gasteiger partial charge in [-0.2, -0.15) is 4.98 Å². The van der Waals surface area contributed by atoms with Gasteiger partial charge in [0.2, 0.25) is 11.7 Å². The van der Waals surface area contributed by atoms with Crippen LogP contribution < -0.4 is 10.1 Å². The fourth-order valence-electron chi connectivity index (χ4n) is 3.52. The summed E-state index contributed by atoms with van der Waals surface area (Å²) in [6.45, 7) is 2.75. The number of ether oxygens (including phenoxy) is 1. The third-order valence-corrected chi connectivity index (χ3v) is 5.06. The Bertz CT molecular complexity index is 956. The van der Waals surface area contributed by atoms with Crippen molar-refractivity contribution >= 4 is 5.91 Å². The first-order valence-electron chi connectivity index (χ1n) is 9.66. The van der Waals surface area contributed by atoms with Crippen LogP contribution in [0, 0.1) is 6.92 Å². The average molecular weight is 392 g/mol. The Kier molecular flexibility index (Phi) is 5.57. The molecule has 1 fully saturated rings. The number of likely N-dealkylation sites (tertiary alicyclic amines) is 1. The van der Waals surface area contributed by atoms with Crippen LogP contribution in [0.5, 0.6) is 5.75 Å². The maximum Gasteiger partial charge on any atom is 0.258 e. The molecule has 3 aromatic rings. The zero-order valence-corrected chi connectivity index (χ0v) is 16.5. The number of carbonyl (C=O) groups is 1. The second-order valence-electron chi connectivity index (χ2n) is 7.38. The summed E-state index contributed by atoms with van der Waals surface area (Å²) >= 11 is 0. The van der Waals surface area contributed by atoms with Crippen molar-refractivity contribution in [2.45, 2.75) is 25.4 Å². The molecule has 4 rings (SSSR count). The van der Waals surface area contributed by atoms with Crippen LogP contribution in [0.2, 0.25) is 0 Å². The number of likely N-dealkylation sites (N-methyl/N-ethyl adjacent to an activating group) is 1. The SMILES string of the molecule is Cc1ccc(-c2noc([C@@H]3C[C@H](NC(=O)COc4ccccc4)CN3C)n2)cc1. The summed E-state index contributed by atoms with van der Waals surface area (Å²) in [6, 6.07) is 17.3. The molecule has 1 aliphatic rings. The van der Waals surface area contributed by atoms with Gasteiger partial charge in [0.05, 0.1) is 6.04 Å². The molecule has 7 heteroatoms. The number of aryl methyl sites for hydroxylation is 1. The van der Waals surface area contributed by atoms with Gasteiger partial charge in [-0.15, -0.1) is 0 Å². The number of benzene rings is 2. The van der Waals surface area contributed by atoms with E-state index < -0.39 is 0 Å². The summed E-state index contributed by atoms with van der Waals surface area (Å²) in [4.78, 5) is 18.9. The van der Waals surface area contributed by atoms with E-state index in [1.165, 1.54) is 5.56 Å². The van der Waals surface area contributed by atoms with Crippen molar-refractivity contribution in [3.63, 3.8) is 0 Å². The number of rotatable bonds is 6. The van der Waals surface area contributed by atoms with Crippen LogP contribution in [0.15, 0.2) is 59.1 Å². The monoisotopic (exact) mass is 392 g/mol. The zero-order valence-electron chi connectivity index (χ0n) is 16.5. The van der Waals surface area contributed by atoms with Crippen LogP contribution in [0.3, 0.4) is 0 Å². The van der Waals surface area contributed by atoms with Crippen LogP contribution in [0.4, 0.5) is 0 Å². The van der Waals surface area contributed by atoms with Gasteiger partial charge >= 0.3 is 0 Å². The lowest BCUT2D eigenvalue weighted by molar-refractivity contribution is -0.123. The van der Waals surface area contributed by atoms with Gasteiger partial charge in [0.25, 0.3) is 5.91 Å². The summed E-state index contributed by atoms with van der Waals surface area (Å²) in [6.07, 6.45) is 0.711. The molecule has 0 bridgehead atoms. The van der Waals surface area contributed by atoms with E-state index in [4.69, 9.17) is 9.26 Å². The largest absolute Gasteiger partial charge is 0.484 e.